The summed E-state index contributed by atoms with van der Waals surface area (Å²) in [4.78, 5) is 28.2. The number of amides is 1. The van der Waals surface area contributed by atoms with E-state index in [9.17, 15) is 4.79 Å². The number of aromatic nitrogens is 2. The highest BCUT2D eigenvalue weighted by Gasteiger charge is 2.37. The SMILES string of the molecule is O=C(C1CCOCC1)N1CCCCC[C@@H]1C1CCN(c2ncnc3sccc23)CC1. The van der Waals surface area contributed by atoms with Crippen molar-refractivity contribution in [2.24, 2.45) is 11.8 Å². The van der Waals surface area contributed by atoms with Gasteiger partial charge in [-0.1, -0.05) is 12.8 Å². The monoisotopic (exact) mass is 428 g/mol. The summed E-state index contributed by atoms with van der Waals surface area (Å²) < 4.78 is 5.50. The van der Waals surface area contributed by atoms with Gasteiger partial charge in [0.25, 0.3) is 0 Å². The molecular weight excluding hydrogens is 396 g/mol. The number of ether oxygens (including phenoxy) is 1. The number of nitrogens with zero attached hydrogens (tertiary/aromatic N) is 4. The molecule has 2 aromatic heterocycles. The largest absolute Gasteiger partial charge is 0.381 e. The van der Waals surface area contributed by atoms with Gasteiger partial charge in [-0.3, -0.25) is 4.79 Å². The average molecular weight is 429 g/mol. The molecule has 3 aliphatic heterocycles. The van der Waals surface area contributed by atoms with E-state index < -0.39 is 0 Å². The lowest BCUT2D eigenvalue weighted by Gasteiger charge is -2.42. The summed E-state index contributed by atoms with van der Waals surface area (Å²) in [7, 11) is 0. The maximum atomic E-state index is 13.4. The van der Waals surface area contributed by atoms with Gasteiger partial charge in [0.1, 0.15) is 17.0 Å². The average Bonchev–Trinajstić information content (AvgIpc) is 3.16. The Hall–Kier alpha value is -1.73. The van der Waals surface area contributed by atoms with Gasteiger partial charge in [-0.15, -0.1) is 11.3 Å². The summed E-state index contributed by atoms with van der Waals surface area (Å²) >= 11 is 1.68. The number of carbonyl (C=O) groups excluding carboxylic acids is 1. The van der Waals surface area contributed by atoms with Gasteiger partial charge >= 0.3 is 0 Å². The minimum absolute atomic E-state index is 0.173. The van der Waals surface area contributed by atoms with Gasteiger partial charge in [-0.25, -0.2) is 9.97 Å². The minimum Gasteiger partial charge on any atom is -0.381 e. The van der Waals surface area contributed by atoms with E-state index in [4.69, 9.17) is 4.74 Å². The fraction of sp³-hybridized carbons (Fsp3) is 0.696. The molecule has 1 atom stereocenters. The molecule has 2 aromatic rings. The molecule has 0 N–H and O–H groups in total. The first-order chi connectivity index (χ1) is 14.8. The highest BCUT2D eigenvalue weighted by atomic mass is 32.1. The predicted molar refractivity (Wildman–Crippen MR) is 120 cm³/mol. The molecule has 0 spiro atoms. The molecule has 6 nitrogen and oxygen atoms in total. The van der Waals surface area contributed by atoms with Crippen LogP contribution in [0.5, 0.6) is 0 Å². The number of likely N-dealkylation sites (tertiary alicyclic amines) is 1. The van der Waals surface area contributed by atoms with Crippen LogP contribution in [0.15, 0.2) is 17.8 Å². The molecule has 0 aromatic carbocycles. The molecule has 30 heavy (non-hydrogen) atoms. The Bertz CT molecular complexity index is 858. The molecule has 162 valence electrons. The van der Waals surface area contributed by atoms with E-state index in [-0.39, 0.29) is 5.92 Å². The maximum absolute atomic E-state index is 13.4. The molecule has 0 radical (unpaired) electrons. The van der Waals surface area contributed by atoms with Crippen molar-refractivity contribution in [2.45, 2.75) is 57.4 Å². The number of carbonyl (C=O) groups is 1. The van der Waals surface area contributed by atoms with Crippen LogP contribution in [0.1, 0.15) is 51.4 Å². The van der Waals surface area contributed by atoms with Gasteiger partial charge in [-0.2, -0.15) is 0 Å². The topological polar surface area (TPSA) is 58.6 Å². The Labute approximate surface area is 182 Å². The summed E-state index contributed by atoms with van der Waals surface area (Å²) in [5, 5.41) is 3.27. The van der Waals surface area contributed by atoms with Crippen molar-refractivity contribution >= 4 is 33.3 Å². The van der Waals surface area contributed by atoms with Crippen LogP contribution in [-0.2, 0) is 9.53 Å². The number of fused-ring (bicyclic) bond motifs is 1. The van der Waals surface area contributed by atoms with Crippen molar-refractivity contribution in [2.75, 3.05) is 37.7 Å². The van der Waals surface area contributed by atoms with Gasteiger partial charge in [0, 0.05) is 44.8 Å². The van der Waals surface area contributed by atoms with Crippen LogP contribution in [0.3, 0.4) is 0 Å². The Balaban J connectivity index is 1.28. The fourth-order valence-electron chi connectivity index (χ4n) is 5.60. The van der Waals surface area contributed by atoms with Crippen LogP contribution in [0.4, 0.5) is 5.82 Å². The standard InChI is InChI=1S/C23H32N4O2S/c28-23(18-7-13-29-14-8-18)27-10-3-1-2-4-20(27)17-5-11-26(12-6-17)21-19-9-15-30-22(19)25-16-24-21/h9,15-18,20H,1-8,10-14H2/t20-/m1/s1. The number of piperidine rings is 1. The van der Waals surface area contributed by atoms with Crippen LogP contribution in [-0.4, -0.2) is 59.7 Å². The molecule has 5 heterocycles. The Morgan fingerprint density at radius 1 is 1.00 bits per heavy atom. The molecule has 3 saturated heterocycles. The van der Waals surface area contributed by atoms with Gasteiger partial charge in [0.2, 0.25) is 5.91 Å². The summed E-state index contributed by atoms with van der Waals surface area (Å²) in [6.07, 6.45) is 10.6. The maximum Gasteiger partial charge on any atom is 0.226 e. The molecule has 1 amide bonds. The number of anilines is 1. The van der Waals surface area contributed by atoms with Crippen LogP contribution < -0.4 is 4.90 Å². The van der Waals surface area contributed by atoms with E-state index in [0.717, 1.165) is 75.6 Å². The highest BCUT2D eigenvalue weighted by molar-refractivity contribution is 7.16. The first kappa shape index (κ1) is 20.2. The predicted octanol–water partition coefficient (Wildman–Crippen LogP) is 4.11. The van der Waals surface area contributed by atoms with Crippen molar-refractivity contribution in [3.05, 3.63) is 17.8 Å². The second-order valence-corrected chi connectivity index (χ2v) is 9.89. The Kier molecular flexibility index (Phi) is 6.18. The third-order valence-corrected chi connectivity index (χ3v) is 8.10. The summed E-state index contributed by atoms with van der Waals surface area (Å²) in [6.45, 7) is 4.46. The molecule has 7 heteroatoms. The van der Waals surface area contributed by atoms with Crippen molar-refractivity contribution in [1.29, 1.82) is 0 Å². The summed E-state index contributed by atoms with van der Waals surface area (Å²) in [6, 6.07) is 2.55. The van der Waals surface area contributed by atoms with E-state index in [1.54, 1.807) is 17.7 Å². The van der Waals surface area contributed by atoms with Crippen molar-refractivity contribution in [3.8, 4) is 0 Å². The van der Waals surface area contributed by atoms with Crippen LogP contribution in [0.2, 0.25) is 0 Å². The lowest BCUT2D eigenvalue weighted by molar-refractivity contribution is -0.142. The molecule has 3 aliphatic rings. The van der Waals surface area contributed by atoms with Gasteiger partial charge < -0.3 is 14.5 Å². The lowest BCUT2D eigenvalue weighted by Crippen LogP contribution is -2.50. The number of rotatable bonds is 3. The van der Waals surface area contributed by atoms with Crippen molar-refractivity contribution in [3.63, 3.8) is 0 Å². The van der Waals surface area contributed by atoms with Gasteiger partial charge in [0.15, 0.2) is 0 Å². The fourth-order valence-corrected chi connectivity index (χ4v) is 6.33. The van der Waals surface area contributed by atoms with E-state index in [1.165, 1.54) is 24.6 Å². The van der Waals surface area contributed by atoms with E-state index in [2.05, 4.69) is 31.2 Å². The number of hydrogen-bond donors (Lipinski definition) is 0. The summed E-state index contributed by atoms with van der Waals surface area (Å²) in [5.74, 6) is 2.26. The summed E-state index contributed by atoms with van der Waals surface area (Å²) in [5.41, 5.74) is 0. The Morgan fingerprint density at radius 3 is 2.67 bits per heavy atom. The normalized spacial score (nSPS) is 24.9. The van der Waals surface area contributed by atoms with Crippen LogP contribution in [0.25, 0.3) is 10.2 Å². The van der Waals surface area contributed by atoms with Gasteiger partial charge in [-0.05, 0) is 55.9 Å². The second-order valence-electron chi connectivity index (χ2n) is 9.00. The van der Waals surface area contributed by atoms with E-state index >= 15 is 0 Å². The first-order valence-electron chi connectivity index (χ1n) is 11.6. The molecule has 0 unspecified atom stereocenters. The van der Waals surface area contributed by atoms with Crippen molar-refractivity contribution < 1.29 is 9.53 Å². The molecule has 5 rings (SSSR count). The van der Waals surface area contributed by atoms with E-state index in [0.29, 0.717) is 17.9 Å². The third-order valence-electron chi connectivity index (χ3n) is 7.28. The zero-order chi connectivity index (χ0) is 20.3. The molecular formula is C23H32N4O2S. The van der Waals surface area contributed by atoms with Gasteiger partial charge in [0.05, 0.1) is 5.39 Å². The zero-order valence-electron chi connectivity index (χ0n) is 17.7. The number of hydrogen-bond acceptors (Lipinski definition) is 6. The van der Waals surface area contributed by atoms with Crippen molar-refractivity contribution in [1.82, 2.24) is 14.9 Å². The minimum atomic E-state index is 0.173. The highest BCUT2D eigenvalue weighted by Crippen LogP contribution is 2.35. The van der Waals surface area contributed by atoms with Crippen LogP contribution in [0, 0.1) is 11.8 Å². The second kappa shape index (κ2) is 9.18. The lowest BCUT2D eigenvalue weighted by atomic mass is 9.85. The first-order valence-corrected chi connectivity index (χ1v) is 12.5. The molecule has 0 aliphatic carbocycles. The Morgan fingerprint density at radius 2 is 1.83 bits per heavy atom. The third kappa shape index (κ3) is 4.06. The van der Waals surface area contributed by atoms with Crippen LogP contribution >= 0.6 is 11.3 Å². The molecule has 0 saturated carbocycles. The quantitative estimate of drug-likeness (QED) is 0.736. The zero-order valence-corrected chi connectivity index (χ0v) is 18.5. The molecule has 3 fully saturated rings. The molecule has 0 bridgehead atoms. The smallest absolute Gasteiger partial charge is 0.226 e. The number of thiophene rings is 1. The van der Waals surface area contributed by atoms with E-state index in [1.807, 2.05) is 0 Å².